The number of hydrogen-bond acceptors (Lipinski definition) is 6. The number of nitrogens with one attached hydrogen (secondary N) is 1. The lowest BCUT2D eigenvalue weighted by Crippen LogP contribution is -2.13. The van der Waals surface area contributed by atoms with Crippen molar-refractivity contribution in [2.24, 2.45) is 5.73 Å². The molecule has 0 aliphatic heterocycles. The van der Waals surface area contributed by atoms with Crippen LogP contribution in [0.4, 0.5) is 15.8 Å². The van der Waals surface area contributed by atoms with E-state index >= 15 is 0 Å². The van der Waals surface area contributed by atoms with Gasteiger partial charge in [0, 0.05) is 11.4 Å². The molecule has 0 spiro atoms. The molecule has 0 saturated carbocycles. The summed E-state index contributed by atoms with van der Waals surface area (Å²) >= 11 is 1.23. The highest BCUT2D eigenvalue weighted by atomic mass is 32.1. The van der Waals surface area contributed by atoms with E-state index in [9.17, 15) is 19.3 Å². The normalized spacial score (nSPS) is 12.0. The second kappa shape index (κ2) is 5.94. The second-order valence-corrected chi connectivity index (χ2v) is 5.16. The average molecular weight is 310 g/mol. The Kier molecular flexibility index (Phi) is 4.24. The number of nitrogens with two attached hydrogens (primary N) is 1. The molecule has 0 radical (unpaired) electrons. The van der Waals surface area contributed by atoms with Crippen molar-refractivity contribution in [2.75, 3.05) is 5.32 Å². The molecule has 2 aromatic rings. The highest BCUT2D eigenvalue weighted by molar-refractivity contribution is 7.09. The number of thiazole rings is 1. The number of halogens is 1. The molecular weight excluding hydrogens is 299 g/mol. The highest BCUT2D eigenvalue weighted by Gasteiger charge is 2.15. The predicted octanol–water partition coefficient (Wildman–Crippen LogP) is 2.46. The van der Waals surface area contributed by atoms with Crippen molar-refractivity contribution in [3.8, 4) is 0 Å². The Morgan fingerprint density at radius 1 is 1.52 bits per heavy atom. The molecule has 0 fully saturated rings. The van der Waals surface area contributed by atoms with Gasteiger partial charge in [-0.2, -0.15) is 0 Å². The standard InChI is InChI=1S/C12H11FN4O3S/c1-6(14)12-16-10(5-21-12)11(18)15-8-2-7(13)3-9(4-8)17(19)20/h2-6H,14H2,1H3,(H,15,18). The van der Waals surface area contributed by atoms with Crippen molar-refractivity contribution < 1.29 is 14.1 Å². The van der Waals surface area contributed by atoms with Gasteiger partial charge >= 0.3 is 0 Å². The summed E-state index contributed by atoms with van der Waals surface area (Å²) in [5.41, 5.74) is 5.31. The van der Waals surface area contributed by atoms with Crippen LogP contribution in [0.3, 0.4) is 0 Å². The van der Waals surface area contributed by atoms with Crippen molar-refractivity contribution in [3.63, 3.8) is 0 Å². The van der Waals surface area contributed by atoms with Gasteiger partial charge in [-0.25, -0.2) is 9.37 Å². The van der Waals surface area contributed by atoms with Crippen LogP contribution >= 0.6 is 11.3 Å². The average Bonchev–Trinajstić information content (AvgIpc) is 2.87. The fraction of sp³-hybridized carbons (Fsp3) is 0.167. The maximum absolute atomic E-state index is 13.3. The van der Waals surface area contributed by atoms with E-state index in [0.717, 1.165) is 18.2 Å². The molecule has 1 aromatic heterocycles. The van der Waals surface area contributed by atoms with Crippen molar-refractivity contribution in [3.05, 3.63) is 50.2 Å². The molecule has 110 valence electrons. The van der Waals surface area contributed by atoms with Gasteiger partial charge < -0.3 is 11.1 Å². The molecule has 0 aliphatic rings. The summed E-state index contributed by atoms with van der Waals surface area (Å²) in [6.07, 6.45) is 0. The predicted molar refractivity (Wildman–Crippen MR) is 75.7 cm³/mol. The highest BCUT2D eigenvalue weighted by Crippen LogP contribution is 2.21. The van der Waals surface area contributed by atoms with Crippen LogP contribution in [0.15, 0.2) is 23.6 Å². The molecule has 1 heterocycles. The van der Waals surface area contributed by atoms with Gasteiger partial charge in [0.15, 0.2) is 0 Å². The number of benzene rings is 1. The Balaban J connectivity index is 2.20. The lowest BCUT2D eigenvalue weighted by Gasteiger charge is -2.03. The smallest absolute Gasteiger partial charge is 0.275 e. The van der Waals surface area contributed by atoms with Crippen LogP contribution in [0, 0.1) is 15.9 Å². The molecule has 0 saturated heterocycles. The first-order valence-electron chi connectivity index (χ1n) is 5.84. The summed E-state index contributed by atoms with van der Waals surface area (Å²) in [6, 6.07) is 2.53. The summed E-state index contributed by atoms with van der Waals surface area (Å²) in [5.74, 6) is -1.40. The van der Waals surface area contributed by atoms with Gasteiger partial charge in [0.05, 0.1) is 22.7 Å². The molecule has 2 rings (SSSR count). The van der Waals surface area contributed by atoms with E-state index in [4.69, 9.17) is 5.73 Å². The lowest BCUT2D eigenvalue weighted by molar-refractivity contribution is -0.385. The van der Waals surface area contributed by atoms with Gasteiger partial charge in [0.25, 0.3) is 11.6 Å². The lowest BCUT2D eigenvalue weighted by atomic mass is 10.2. The van der Waals surface area contributed by atoms with Crippen molar-refractivity contribution in [1.82, 2.24) is 4.98 Å². The summed E-state index contributed by atoms with van der Waals surface area (Å²) in [5, 5.41) is 15.1. The SMILES string of the molecule is CC(N)c1nc(C(=O)Nc2cc(F)cc([N+](=O)[O-])c2)cs1. The zero-order valence-electron chi connectivity index (χ0n) is 10.9. The van der Waals surface area contributed by atoms with Crippen LogP contribution < -0.4 is 11.1 Å². The molecule has 1 unspecified atom stereocenters. The first kappa shape index (κ1) is 15.0. The van der Waals surface area contributed by atoms with Crippen LogP contribution in [-0.2, 0) is 0 Å². The minimum Gasteiger partial charge on any atom is -0.322 e. The van der Waals surface area contributed by atoms with E-state index in [0.29, 0.717) is 5.01 Å². The topological polar surface area (TPSA) is 111 Å². The maximum atomic E-state index is 13.3. The van der Waals surface area contributed by atoms with E-state index < -0.39 is 22.3 Å². The number of amides is 1. The molecule has 3 N–H and O–H groups in total. The molecule has 1 aromatic carbocycles. The largest absolute Gasteiger partial charge is 0.322 e. The molecule has 7 nitrogen and oxygen atoms in total. The second-order valence-electron chi connectivity index (χ2n) is 4.27. The molecule has 0 bridgehead atoms. The monoisotopic (exact) mass is 310 g/mol. The third-order valence-electron chi connectivity index (χ3n) is 2.50. The summed E-state index contributed by atoms with van der Waals surface area (Å²) < 4.78 is 13.3. The number of nitro benzene ring substituents is 1. The Bertz CT molecular complexity index is 702. The van der Waals surface area contributed by atoms with Gasteiger partial charge in [0.1, 0.15) is 16.5 Å². The van der Waals surface area contributed by atoms with Gasteiger partial charge in [-0.15, -0.1) is 11.3 Å². The zero-order chi connectivity index (χ0) is 15.6. The number of carbonyl (C=O) groups excluding carboxylic acids is 1. The fourth-order valence-corrected chi connectivity index (χ4v) is 2.31. The minimum atomic E-state index is -0.811. The third-order valence-corrected chi connectivity index (χ3v) is 3.54. The van der Waals surface area contributed by atoms with E-state index in [-0.39, 0.29) is 17.4 Å². The number of aromatic nitrogens is 1. The van der Waals surface area contributed by atoms with Gasteiger partial charge in [-0.3, -0.25) is 14.9 Å². The van der Waals surface area contributed by atoms with Crippen LogP contribution in [0.1, 0.15) is 28.5 Å². The summed E-state index contributed by atoms with van der Waals surface area (Å²) in [4.78, 5) is 25.9. The van der Waals surface area contributed by atoms with Crippen molar-refractivity contribution in [1.29, 1.82) is 0 Å². The first-order chi connectivity index (χ1) is 9.86. The van der Waals surface area contributed by atoms with E-state index in [2.05, 4.69) is 10.3 Å². The van der Waals surface area contributed by atoms with Crippen LogP contribution in [0.25, 0.3) is 0 Å². The van der Waals surface area contributed by atoms with Crippen LogP contribution in [0.5, 0.6) is 0 Å². The fourth-order valence-electron chi connectivity index (χ4n) is 1.55. The number of carbonyl (C=O) groups is 1. The zero-order valence-corrected chi connectivity index (χ0v) is 11.7. The number of hydrogen-bond donors (Lipinski definition) is 2. The Morgan fingerprint density at radius 3 is 2.81 bits per heavy atom. The van der Waals surface area contributed by atoms with Crippen LogP contribution in [-0.4, -0.2) is 15.8 Å². The minimum absolute atomic E-state index is 0.0120. The van der Waals surface area contributed by atoms with E-state index in [1.165, 1.54) is 16.7 Å². The number of non-ortho nitro benzene ring substituents is 1. The summed E-state index contributed by atoms with van der Waals surface area (Å²) in [6.45, 7) is 1.73. The van der Waals surface area contributed by atoms with Crippen molar-refractivity contribution >= 4 is 28.6 Å². The Morgan fingerprint density at radius 2 is 2.24 bits per heavy atom. The van der Waals surface area contributed by atoms with E-state index in [1.54, 1.807) is 6.92 Å². The number of rotatable bonds is 4. The van der Waals surface area contributed by atoms with Crippen molar-refractivity contribution in [2.45, 2.75) is 13.0 Å². The summed E-state index contributed by atoms with van der Waals surface area (Å²) in [7, 11) is 0. The molecule has 1 atom stereocenters. The molecular formula is C12H11FN4O3S. The Labute approximate surface area is 122 Å². The molecule has 9 heteroatoms. The van der Waals surface area contributed by atoms with Gasteiger partial charge in [0.2, 0.25) is 0 Å². The number of nitrogens with zero attached hydrogens (tertiary/aromatic N) is 2. The third kappa shape index (κ3) is 3.58. The molecule has 0 aliphatic carbocycles. The molecule has 1 amide bonds. The van der Waals surface area contributed by atoms with Gasteiger partial charge in [-0.05, 0) is 13.0 Å². The van der Waals surface area contributed by atoms with Gasteiger partial charge in [-0.1, -0.05) is 0 Å². The van der Waals surface area contributed by atoms with E-state index in [1.807, 2.05) is 0 Å². The quantitative estimate of drug-likeness (QED) is 0.665. The first-order valence-corrected chi connectivity index (χ1v) is 6.72. The number of anilines is 1. The Hall–Kier alpha value is -2.39. The number of nitro groups is 1. The maximum Gasteiger partial charge on any atom is 0.275 e. The molecule has 21 heavy (non-hydrogen) atoms. The van der Waals surface area contributed by atoms with Crippen LogP contribution in [0.2, 0.25) is 0 Å².